The zero-order valence-corrected chi connectivity index (χ0v) is 12.8. The molecule has 0 radical (unpaired) electrons. The van der Waals surface area contributed by atoms with Crippen molar-refractivity contribution in [3.8, 4) is 5.75 Å². The number of halogens is 1. The van der Waals surface area contributed by atoms with Crippen molar-refractivity contribution in [3.05, 3.63) is 46.0 Å². The minimum absolute atomic E-state index is 0.164. The second kappa shape index (κ2) is 6.09. The summed E-state index contributed by atoms with van der Waals surface area (Å²) in [5.74, 6) is 0.313. The van der Waals surface area contributed by atoms with Gasteiger partial charge in [0.25, 0.3) is 0 Å². The van der Waals surface area contributed by atoms with Crippen LogP contribution in [0.1, 0.15) is 21.7 Å². The highest BCUT2D eigenvalue weighted by Gasteiger charge is 2.15. The van der Waals surface area contributed by atoms with E-state index >= 15 is 0 Å². The molecule has 0 saturated heterocycles. The van der Waals surface area contributed by atoms with Gasteiger partial charge in [-0.1, -0.05) is 15.9 Å². The first-order valence-electron chi connectivity index (χ1n) is 6.11. The van der Waals surface area contributed by atoms with Crippen LogP contribution in [0.3, 0.4) is 0 Å². The lowest BCUT2D eigenvalue weighted by Crippen LogP contribution is -2.10. The van der Waals surface area contributed by atoms with Gasteiger partial charge in [0.2, 0.25) is 0 Å². The normalized spacial score (nSPS) is 10.6. The monoisotopic (exact) mass is 338 g/mol. The number of ether oxygens (including phenoxy) is 1. The fraction of sp³-hybridized carbons (Fsp3) is 0.286. The molecule has 106 valence electrons. The third-order valence-corrected chi connectivity index (χ3v) is 3.42. The van der Waals surface area contributed by atoms with Crippen LogP contribution in [0.5, 0.6) is 5.75 Å². The van der Waals surface area contributed by atoms with E-state index in [1.807, 2.05) is 30.8 Å². The maximum Gasteiger partial charge on any atom is 0.339 e. The highest BCUT2D eigenvalue weighted by atomic mass is 79.9. The number of hydrogen-bond acceptors (Lipinski definition) is 3. The van der Waals surface area contributed by atoms with Crippen molar-refractivity contribution in [2.75, 3.05) is 6.61 Å². The van der Waals surface area contributed by atoms with Gasteiger partial charge in [-0.2, -0.15) is 0 Å². The third kappa shape index (κ3) is 3.19. The highest BCUT2D eigenvalue weighted by molar-refractivity contribution is 9.10. The Hall–Kier alpha value is -1.82. The Kier molecular flexibility index (Phi) is 4.44. The predicted octanol–water partition coefficient (Wildman–Crippen LogP) is 2.81. The number of nitrogens with zero attached hydrogens (tertiary/aromatic N) is 2. The van der Waals surface area contributed by atoms with Gasteiger partial charge in [-0.05, 0) is 24.6 Å². The lowest BCUT2D eigenvalue weighted by Gasteiger charge is -2.12. The lowest BCUT2D eigenvalue weighted by molar-refractivity contribution is 0.0692. The van der Waals surface area contributed by atoms with Gasteiger partial charge < -0.3 is 14.4 Å². The van der Waals surface area contributed by atoms with Crippen molar-refractivity contribution >= 4 is 21.9 Å². The largest absolute Gasteiger partial charge is 0.492 e. The summed E-state index contributed by atoms with van der Waals surface area (Å²) in [7, 11) is 1.91. The second-order valence-corrected chi connectivity index (χ2v) is 5.37. The number of hydrogen-bond donors (Lipinski definition) is 1. The van der Waals surface area contributed by atoms with Crippen LogP contribution in [0.25, 0.3) is 0 Å². The van der Waals surface area contributed by atoms with Gasteiger partial charge in [0.15, 0.2) is 0 Å². The SMILES string of the molecule is Cc1cc(Br)cc(C(=O)O)c1OCCc1nccn1C. The summed E-state index contributed by atoms with van der Waals surface area (Å²) in [5, 5.41) is 9.22. The number of carbonyl (C=O) groups is 1. The van der Waals surface area contributed by atoms with Crippen LogP contribution in [0.4, 0.5) is 0 Å². The third-order valence-electron chi connectivity index (χ3n) is 2.96. The zero-order valence-electron chi connectivity index (χ0n) is 11.3. The van der Waals surface area contributed by atoms with Gasteiger partial charge in [-0.25, -0.2) is 9.78 Å². The minimum atomic E-state index is -0.999. The van der Waals surface area contributed by atoms with Crippen LogP contribution in [-0.2, 0) is 13.5 Å². The van der Waals surface area contributed by atoms with Gasteiger partial charge >= 0.3 is 5.97 Å². The van der Waals surface area contributed by atoms with E-state index in [1.165, 1.54) is 0 Å². The van der Waals surface area contributed by atoms with Crippen LogP contribution >= 0.6 is 15.9 Å². The Balaban J connectivity index is 2.13. The molecular weight excluding hydrogens is 324 g/mol. The molecular formula is C14H15BrN2O3. The fourth-order valence-electron chi connectivity index (χ4n) is 1.96. The van der Waals surface area contributed by atoms with E-state index in [0.29, 0.717) is 18.8 Å². The van der Waals surface area contributed by atoms with E-state index in [-0.39, 0.29) is 5.56 Å². The quantitative estimate of drug-likeness (QED) is 0.910. The molecule has 1 N–H and O–H groups in total. The van der Waals surface area contributed by atoms with Crippen molar-refractivity contribution in [1.82, 2.24) is 9.55 Å². The fourth-order valence-corrected chi connectivity index (χ4v) is 2.53. The van der Waals surface area contributed by atoms with E-state index in [0.717, 1.165) is 15.9 Å². The minimum Gasteiger partial charge on any atom is -0.492 e. The van der Waals surface area contributed by atoms with Crippen molar-refractivity contribution < 1.29 is 14.6 Å². The average molecular weight is 339 g/mol. The molecule has 5 nitrogen and oxygen atoms in total. The van der Waals surface area contributed by atoms with Crippen LogP contribution in [0, 0.1) is 6.92 Å². The van der Waals surface area contributed by atoms with Crippen LogP contribution in [0.15, 0.2) is 29.0 Å². The Morgan fingerprint density at radius 3 is 2.85 bits per heavy atom. The molecule has 0 aliphatic rings. The molecule has 6 heteroatoms. The summed E-state index contributed by atoms with van der Waals surface area (Å²) in [6.07, 6.45) is 4.21. The van der Waals surface area contributed by atoms with Crippen molar-refractivity contribution in [2.24, 2.45) is 7.05 Å². The molecule has 2 rings (SSSR count). The van der Waals surface area contributed by atoms with Gasteiger partial charge in [-0.15, -0.1) is 0 Å². The van der Waals surface area contributed by atoms with E-state index < -0.39 is 5.97 Å². The maximum absolute atomic E-state index is 11.3. The van der Waals surface area contributed by atoms with Gasteiger partial charge in [0, 0.05) is 30.3 Å². The summed E-state index contributed by atoms with van der Waals surface area (Å²) < 4.78 is 8.30. The molecule has 2 aromatic rings. The molecule has 0 aliphatic heterocycles. The molecule has 0 saturated carbocycles. The summed E-state index contributed by atoms with van der Waals surface area (Å²) in [5.41, 5.74) is 0.952. The van der Waals surface area contributed by atoms with Gasteiger partial charge in [0.05, 0.1) is 6.61 Å². The Bertz CT molecular complexity index is 637. The number of aryl methyl sites for hydroxylation is 2. The van der Waals surface area contributed by atoms with Crippen molar-refractivity contribution in [1.29, 1.82) is 0 Å². The van der Waals surface area contributed by atoms with Crippen molar-refractivity contribution in [3.63, 3.8) is 0 Å². The maximum atomic E-state index is 11.3. The van der Waals surface area contributed by atoms with E-state index in [2.05, 4.69) is 20.9 Å². The summed E-state index contributed by atoms with van der Waals surface area (Å²) in [6, 6.07) is 3.38. The molecule has 1 aromatic heterocycles. The number of imidazole rings is 1. The molecule has 0 unspecified atom stereocenters. The molecule has 20 heavy (non-hydrogen) atoms. The van der Waals surface area contributed by atoms with E-state index in [9.17, 15) is 9.90 Å². The van der Waals surface area contributed by atoms with Crippen LogP contribution in [-0.4, -0.2) is 27.2 Å². The standard InChI is InChI=1S/C14H15BrN2O3/c1-9-7-10(15)8-11(14(18)19)13(9)20-6-3-12-16-4-5-17(12)2/h4-5,7-8H,3,6H2,1-2H3,(H,18,19). The Morgan fingerprint density at radius 1 is 1.50 bits per heavy atom. The topological polar surface area (TPSA) is 64.3 Å². The summed E-state index contributed by atoms with van der Waals surface area (Å²) in [4.78, 5) is 15.5. The first kappa shape index (κ1) is 14.6. The number of benzene rings is 1. The van der Waals surface area contributed by atoms with Crippen molar-refractivity contribution in [2.45, 2.75) is 13.3 Å². The Labute approximate surface area is 125 Å². The lowest BCUT2D eigenvalue weighted by atomic mass is 10.1. The number of aromatic nitrogens is 2. The highest BCUT2D eigenvalue weighted by Crippen LogP contribution is 2.28. The van der Waals surface area contributed by atoms with Gasteiger partial charge in [-0.3, -0.25) is 0 Å². The number of rotatable bonds is 5. The van der Waals surface area contributed by atoms with Crippen LogP contribution < -0.4 is 4.74 Å². The number of carboxylic acid groups (broad SMARTS) is 1. The van der Waals surface area contributed by atoms with Gasteiger partial charge in [0.1, 0.15) is 17.1 Å². The first-order chi connectivity index (χ1) is 9.49. The second-order valence-electron chi connectivity index (χ2n) is 4.46. The van der Waals surface area contributed by atoms with E-state index in [1.54, 1.807) is 12.3 Å². The molecule has 1 aromatic carbocycles. The zero-order chi connectivity index (χ0) is 14.7. The molecule has 0 atom stereocenters. The van der Waals surface area contributed by atoms with E-state index in [4.69, 9.17) is 4.74 Å². The average Bonchev–Trinajstić information content (AvgIpc) is 2.77. The molecule has 0 spiro atoms. The first-order valence-corrected chi connectivity index (χ1v) is 6.90. The molecule has 0 bridgehead atoms. The molecule has 0 aliphatic carbocycles. The number of carboxylic acids is 1. The molecule has 0 amide bonds. The summed E-state index contributed by atoms with van der Waals surface area (Å²) >= 11 is 3.29. The smallest absolute Gasteiger partial charge is 0.339 e. The summed E-state index contributed by atoms with van der Waals surface area (Å²) in [6.45, 7) is 2.21. The van der Waals surface area contributed by atoms with Crippen LogP contribution in [0.2, 0.25) is 0 Å². The molecule has 1 heterocycles. The predicted molar refractivity (Wildman–Crippen MR) is 78.2 cm³/mol. The number of aromatic carboxylic acids is 1. The Morgan fingerprint density at radius 2 is 2.25 bits per heavy atom. The molecule has 0 fully saturated rings.